The number of nitrogens with zero attached hydrogens (tertiary/aromatic N) is 1. The minimum absolute atomic E-state index is 0.0139. The highest BCUT2D eigenvalue weighted by Crippen LogP contribution is 2.16. The Morgan fingerprint density at radius 1 is 1.43 bits per heavy atom. The molecule has 0 aliphatic rings. The zero-order valence-corrected chi connectivity index (χ0v) is 12.5. The molecule has 1 aromatic heterocycles. The zero-order chi connectivity index (χ0) is 15.3. The number of halogens is 1. The Balaban J connectivity index is 2.19. The molecule has 0 aliphatic carbocycles. The number of aromatic nitrogens is 1. The van der Waals surface area contributed by atoms with E-state index in [2.05, 4.69) is 21.5 Å². The van der Waals surface area contributed by atoms with Gasteiger partial charge in [-0.1, -0.05) is 11.8 Å². The lowest BCUT2D eigenvalue weighted by Crippen LogP contribution is -2.24. The number of sulfonamides is 1. The monoisotopic (exact) mass is 325 g/mol. The van der Waals surface area contributed by atoms with Crippen molar-refractivity contribution in [2.24, 2.45) is 5.73 Å². The van der Waals surface area contributed by atoms with Gasteiger partial charge in [-0.3, -0.25) is 0 Å². The Bertz CT molecular complexity index is 777. The first-order chi connectivity index (χ1) is 10.0. The van der Waals surface area contributed by atoms with E-state index in [0.29, 0.717) is 11.3 Å². The minimum atomic E-state index is -3.94. The second kappa shape index (κ2) is 6.78. The van der Waals surface area contributed by atoms with Gasteiger partial charge in [0.2, 0.25) is 10.0 Å². The van der Waals surface area contributed by atoms with Crippen molar-refractivity contribution in [1.82, 2.24) is 9.71 Å². The van der Waals surface area contributed by atoms with Crippen molar-refractivity contribution in [2.45, 2.75) is 11.4 Å². The fourth-order valence-corrected chi connectivity index (χ4v) is 3.14. The molecular formula is C13H12FN3O2S2. The number of nitrogens with one attached hydrogen (secondary N) is 1. The summed E-state index contributed by atoms with van der Waals surface area (Å²) in [6, 6.07) is 3.68. The van der Waals surface area contributed by atoms with Crippen LogP contribution in [0.5, 0.6) is 0 Å². The van der Waals surface area contributed by atoms with Gasteiger partial charge in [-0.05, 0) is 18.2 Å². The van der Waals surface area contributed by atoms with Crippen LogP contribution in [0.3, 0.4) is 0 Å². The van der Waals surface area contributed by atoms with Crippen molar-refractivity contribution >= 4 is 21.4 Å². The van der Waals surface area contributed by atoms with Gasteiger partial charge in [0, 0.05) is 10.9 Å². The van der Waals surface area contributed by atoms with Crippen molar-refractivity contribution < 1.29 is 12.8 Å². The minimum Gasteiger partial charge on any atom is -0.320 e. The molecule has 0 saturated carbocycles. The standard InChI is InChI=1S/C13H12FN3O2S2/c14-12-6-10(2-1-5-15)3-4-13(12)21(18,19)17-7-11-8-20-9-16-11/h3-4,6,8-9,17H,5,7,15H2. The summed E-state index contributed by atoms with van der Waals surface area (Å²) >= 11 is 1.35. The van der Waals surface area contributed by atoms with Crippen LogP contribution < -0.4 is 10.5 Å². The van der Waals surface area contributed by atoms with E-state index in [0.717, 1.165) is 6.07 Å². The summed E-state index contributed by atoms with van der Waals surface area (Å²) in [5, 5.41) is 1.71. The number of rotatable bonds is 4. The van der Waals surface area contributed by atoms with Gasteiger partial charge in [-0.2, -0.15) is 0 Å². The molecule has 0 bridgehead atoms. The van der Waals surface area contributed by atoms with Crippen LogP contribution in [-0.4, -0.2) is 19.9 Å². The second-order valence-electron chi connectivity index (χ2n) is 3.96. The van der Waals surface area contributed by atoms with Gasteiger partial charge >= 0.3 is 0 Å². The summed E-state index contributed by atoms with van der Waals surface area (Å²) < 4.78 is 40.3. The highest BCUT2D eigenvalue weighted by molar-refractivity contribution is 7.89. The number of thiazole rings is 1. The molecule has 21 heavy (non-hydrogen) atoms. The summed E-state index contributed by atoms with van der Waals surface area (Å²) in [6.07, 6.45) is 0. The van der Waals surface area contributed by atoms with Gasteiger partial charge in [0.05, 0.1) is 24.3 Å². The van der Waals surface area contributed by atoms with Crippen molar-refractivity contribution in [3.8, 4) is 11.8 Å². The van der Waals surface area contributed by atoms with E-state index in [1.807, 2.05) is 0 Å². The molecule has 1 heterocycles. The lowest BCUT2D eigenvalue weighted by molar-refractivity contribution is 0.556. The Hall–Kier alpha value is -1.79. The number of benzene rings is 1. The Morgan fingerprint density at radius 2 is 2.24 bits per heavy atom. The Labute approximate surface area is 126 Å². The van der Waals surface area contributed by atoms with Gasteiger partial charge in [0.1, 0.15) is 10.7 Å². The Morgan fingerprint density at radius 3 is 2.86 bits per heavy atom. The maximum absolute atomic E-state index is 13.9. The second-order valence-corrected chi connectivity index (χ2v) is 6.41. The van der Waals surface area contributed by atoms with Gasteiger partial charge < -0.3 is 5.73 Å². The molecule has 0 spiro atoms. The van der Waals surface area contributed by atoms with Crippen LogP contribution in [0.25, 0.3) is 0 Å². The molecule has 0 fully saturated rings. The number of nitrogens with two attached hydrogens (primary N) is 1. The Kier molecular flexibility index (Phi) is 5.03. The quantitative estimate of drug-likeness (QED) is 0.824. The molecule has 3 N–H and O–H groups in total. The fourth-order valence-electron chi connectivity index (χ4n) is 1.52. The average Bonchev–Trinajstić information content (AvgIpc) is 2.96. The largest absolute Gasteiger partial charge is 0.320 e. The molecule has 2 aromatic rings. The van der Waals surface area contributed by atoms with Crippen LogP contribution in [0.4, 0.5) is 4.39 Å². The van der Waals surface area contributed by atoms with Crippen LogP contribution in [0.1, 0.15) is 11.3 Å². The van der Waals surface area contributed by atoms with Crippen LogP contribution >= 0.6 is 11.3 Å². The van der Waals surface area contributed by atoms with Crippen molar-refractivity contribution in [3.05, 3.63) is 46.2 Å². The molecule has 0 atom stereocenters. The molecule has 0 radical (unpaired) electrons. The molecule has 110 valence electrons. The van der Waals surface area contributed by atoms with Gasteiger partial charge in [0.15, 0.2) is 0 Å². The third kappa shape index (κ3) is 4.09. The first kappa shape index (κ1) is 15.6. The van der Waals surface area contributed by atoms with E-state index in [1.165, 1.54) is 23.5 Å². The van der Waals surface area contributed by atoms with E-state index >= 15 is 0 Å². The van der Waals surface area contributed by atoms with E-state index < -0.39 is 20.7 Å². The van der Waals surface area contributed by atoms with Gasteiger partial charge in [-0.15, -0.1) is 11.3 Å². The third-order valence-electron chi connectivity index (χ3n) is 2.48. The van der Waals surface area contributed by atoms with Crippen molar-refractivity contribution in [1.29, 1.82) is 0 Å². The summed E-state index contributed by atoms with van der Waals surface area (Å²) in [5.41, 5.74) is 7.76. The zero-order valence-electron chi connectivity index (χ0n) is 10.8. The molecule has 0 amide bonds. The molecule has 5 nitrogen and oxygen atoms in total. The SMILES string of the molecule is NCC#Cc1ccc(S(=O)(=O)NCc2cscn2)c(F)c1. The maximum Gasteiger partial charge on any atom is 0.243 e. The van der Waals surface area contributed by atoms with Gasteiger partial charge in [-0.25, -0.2) is 22.5 Å². The van der Waals surface area contributed by atoms with E-state index in [-0.39, 0.29) is 13.1 Å². The molecule has 2 rings (SSSR count). The lowest BCUT2D eigenvalue weighted by Gasteiger charge is -2.06. The summed E-state index contributed by atoms with van der Waals surface area (Å²) in [5.74, 6) is 4.36. The summed E-state index contributed by atoms with van der Waals surface area (Å²) in [6.45, 7) is 0.164. The van der Waals surface area contributed by atoms with Crippen molar-refractivity contribution in [3.63, 3.8) is 0 Å². The predicted molar refractivity (Wildman–Crippen MR) is 78.5 cm³/mol. The molecular weight excluding hydrogens is 313 g/mol. The molecule has 1 aromatic carbocycles. The smallest absolute Gasteiger partial charge is 0.243 e. The highest BCUT2D eigenvalue weighted by atomic mass is 32.2. The predicted octanol–water partition coefficient (Wildman–Crippen LogP) is 1.07. The average molecular weight is 325 g/mol. The summed E-state index contributed by atoms with van der Waals surface area (Å²) in [4.78, 5) is 3.53. The number of hydrogen-bond donors (Lipinski definition) is 2. The molecule has 8 heteroatoms. The first-order valence-corrected chi connectivity index (χ1v) is 8.31. The molecule has 0 unspecified atom stereocenters. The maximum atomic E-state index is 13.9. The molecule has 0 saturated heterocycles. The van der Waals surface area contributed by atoms with E-state index in [1.54, 1.807) is 10.9 Å². The fraction of sp³-hybridized carbons (Fsp3) is 0.154. The van der Waals surface area contributed by atoms with Crippen LogP contribution in [0, 0.1) is 17.7 Å². The van der Waals surface area contributed by atoms with Crippen molar-refractivity contribution in [2.75, 3.05) is 6.54 Å². The van der Waals surface area contributed by atoms with Crippen LogP contribution in [0.15, 0.2) is 34.0 Å². The topological polar surface area (TPSA) is 85.1 Å². The van der Waals surface area contributed by atoms with E-state index in [4.69, 9.17) is 5.73 Å². The van der Waals surface area contributed by atoms with Gasteiger partial charge in [0.25, 0.3) is 0 Å². The first-order valence-electron chi connectivity index (χ1n) is 5.88. The lowest BCUT2D eigenvalue weighted by atomic mass is 10.2. The van der Waals surface area contributed by atoms with Crippen LogP contribution in [0.2, 0.25) is 0 Å². The van der Waals surface area contributed by atoms with Crippen LogP contribution in [-0.2, 0) is 16.6 Å². The summed E-state index contributed by atoms with van der Waals surface area (Å²) in [7, 11) is -3.94. The third-order valence-corrected chi connectivity index (χ3v) is 4.55. The normalized spacial score (nSPS) is 11.0. The van der Waals surface area contributed by atoms with E-state index in [9.17, 15) is 12.8 Å². The molecule has 0 aliphatic heterocycles. The number of hydrogen-bond acceptors (Lipinski definition) is 5. The highest BCUT2D eigenvalue weighted by Gasteiger charge is 2.19.